The van der Waals surface area contributed by atoms with Gasteiger partial charge in [-0.05, 0) is 18.2 Å². The molecule has 0 N–H and O–H groups in total. The second-order valence-corrected chi connectivity index (χ2v) is 4.58. The third-order valence-electron chi connectivity index (χ3n) is 2.97. The fourth-order valence-corrected chi connectivity index (χ4v) is 1.97. The van der Waals surface area contributed by atoms with Crippen molar-refractivity contribution in [2.45, 2.75) is 6.11 Å². The van der Waals surface area contributed by atoms with Gasteiger partial charge in [0, 0.05) is 19.2 Å². The van der Waals surface area contributed by atoms with Gasteiger partial charge in [0.1, 0.15) is 18.9 Å². The minimum Gasteiger partial charge on any atom is -0.491 e. The Kier molecular flexibility index (Phi) is 5.08. The molecule has 1 aromatic carbocycles. The van der Waals surface area contributed by atoms with Crippen LogP contribution < -0.4 is 4.74 Å². The van der Waals surface area contributed by atoms with E-state index in [0.717, 1.165) is 4.90 Å². The Hall–Kier alpha value is -1.73. The molecule has 2 rings (SSSR count). The SMILES string of the molecule is COCCOc1cccc(C(=O)N2CCOC(F)(F)C2)c1. The van der Waals surface area contributed by atoms with Crippen LogP contribution in [0.5, 0.6) is 5.75 Å². The Morgan fingerprint density at radius 1 is 1.43 bits per heavy atom. The predicted molar refractivity (Wildman–Crippen MR) is 70.6 cm³/mol. The van der Waals surface area contributed by atoms with E-state index in [1.54, 1.807) is 25.3 Å². The highest BCUT2D eigenvalue weighted by atomic mass is 19.3. The molecule has 0 bridgehead atoms. The molecule has 0 unspecified atom stereocenters. The van der Waals surface area contributed by atoms with E-state index < -0.39 is 18.6 Å². The quantitative estimate of drug-likeness (QED) is 0.778. The van der Waals surface area contributed by atoms with Gasteiger partial charge in [-0.15, -0.1) is 0 Å². The minimum atomic E-state index is -3.29. The lowest BCUT2D eigenvalue weighted by Crippen LogP contribution is -2.49. The second-order valence-electron chi connectivity index (χ2n) is 4.58. The van der Waals surface area contributed by atoms with E-state index >= 15 is 0 Å². The predicted octanol–water partition coefficient (Wildman–Crippen LogP) is 1.78. The first-order valence-corrected chi connectivity index (χ1v) is 6.55. The average molecular weight is 301 g/mol. The Morgan fingerprint density at radius 2 is 2.24 bits per heavy atom. The van der Waals surface area contributed by atoms with Crippen LogP contribution in [0.1, 0.15) is 10.4 Å². The molecule has 7 heteroatoms. The van der Waals surface area contributed by atoms with Gasteiger partial charge in [-0.3, -0.25) is 4.79 Å². The molecule has 5 nitrogen and oxygen atoms in total. The topological polar surface area (TPSA) is 48.0 Å². The van der Waals surface area contributed by atoms with Gasteiger partial charge in [-0.25, -0.2) is 0 Å². The summed E-state index contributed by atoms with van der Waals surface area (Å²) in [5, 5.41) is 0. The highest BCUT2D eigenvalue weighted by molar-refractivity contribution is 5.94. The van der Waals surface area contributed by atoms with E-state index in [1.165, 1.54) is 6.07 Å². The highest BCUT2D eigenvalue weighted by Gasteiger charge is 2.38. The summed E-state index contributed by atoms with van der Waals surface area (Å²) in [5.74, 6) is 0.0353. The number of hydrogen-bond donors (Lipinski definition) is 0. The van der Waals surface area contributed by atoms with Crippen molar-refractivity contribution in [3.8, 4) is 5.75 Å². The molecule has 116 valence electrons. The fraction of sp³-hybridized carbons (Fsp3) is 0.500. The van der Waals surface area contributed by atoms with Crippen molar-refractivity contribution < 1.29 is 27.8 Å². The zero-order valence-electron chi connectivity index (χ0n) is 11.7. The van der Waals surface area contributed by atoms with Crippen molar-refractivity contribution >= 4 is 5.91 Å². The van der Waals surface area contributed by atoms with Crippen LogP contribution in [0.2, 0.25) is 0 Å². The Morgan fingerprint density at radius 3 is 2.95 bits per heavy atom. The zero-order chi connectivity index (χ0) is 15.3. The number of carbonyl (C=O) groups excluding carboxylic acids is 1. The molecule has 1 fully saturated rings. The summed E-state index contributed by atoms with van der Waals surface area (Å²) >= 11 is 0. The third kappa shape index (κ3) is 4.37. The van der Waals surface area contributed by atoms with Crippen molar-refractivity contribution in [3.05, 3.63) is 29.8 Å². The first-order chi connectivity index (χ1) is 10.0. The van der Waals surface area contributed by atoms with E-state index in [4.69, 9.17) is 9.47 Å². The summed E-state index contributed by atoms with van der Waals surface area (Å²) in [6.45, 7) is 0.00414. The first-order valence-electron chi connectivity index (χ1n) is 6.55. The molecule has 0 radical (unpaired) electrons. The smallest absolute Gasteiger partial charge is 0.373 e. The number of alkyl halides is 2. The van der Waals surface area contributed by atoms with Gasteiger partial charge in [0.25, 0.3) is 5.91 Å². The summed E-state index contributed by atoms with van der Waals surface area (Å²) < 4.78 is 40.9. The number of methoxy groups -OCH3 is 1. The molecule has 1 aliphatic rings. The molecule has 1 aromatic rings. The van der Waals surface area contributed by atoms with E-state index in [2.05, 4.69) is 4.74 Å². The Bertz CT molecular complexity index is 496. The number of nitrogens with zero attached hydrogens (tertiary/aromatic N) is 1. The minimum absolute atomic E-state index is 0.142. The van der Waals surface area contributed by atoms with Crippen LogP contribution in [-0.2, 0) is 9.47 Å². The summed E-state index contributed by atoms with van der Waals surface area (Å²) in [7, 11) is 1.56. The molecule has 1 amide bonds. The van der Waals surface area contributed by atoms with Crippen LogP contribution in [0.25, 0.3) is 0 Å². The molecule has 0 aromatic heterocycles. The fourth-order valence-electron chi connectivity index (χ4n) is 1.97. The van der Waals surface area contributed by atoms with Gasteiger partial charge in [0.05, 0.1) is 13.2 Å². The standard InChI is InChI=1S/C14H17F2NO4/c1-19-7-8-20-12-4-2-3-11(9-12)13(18)17-5-6-21-14(15,16)10-17/h2-4,9H,5-8,10H2,1H3. The lowest BCUT2D eigenvalue weighted by Gasteiger charge is -2.32. The lowest BCUT2D eigenvalue weighted by molar-refractivity contribution is -0.263. The van der Waals surface area contributed by atoms with Gasteiger partial charge < -0.3 is 19.1 Å². The highest BCUT2D eigenvalue weighted by Crippen LogP contribution is 2.23. The summed E-state index contributed by atoms with van der Waals surface area (Å²) in [6, 6.07) is 6.44. The van der Waals surface area contributed by atoms with Crippen LogP contribution in [0.3, 0.4) is 0 Å². The third-order valence-corrected chi connectivity index (χ3v) is 2.97. The van der Waals surface area contributed by atoms with Gasteiger partial charge in [-0.1, -0.05) is 6.07 Å². The van der Waals surface area contributed by atoms with Crippen molar-refractivity contribution in [2.24, 2.45) is 0 Å². The van der Waals surface area contributed by atoms with Crippen molar-refractivity contribution in [2.75, 3.05) is 40.0 Å². The summed E-state index contributed by atoms with van der Waals surface area (Å²) in [4.78, 5) is 13.3. The van der Waals surface area contributed by atoms with Crippen LogP contribution in [-0.4, -0.2) is 56.9 Å². The van der Waals surface area contributed by atoms with Gasteiger partial charge in [-0.2, -0.15) is 8.78 Å². The molecule has 0 atom stereocenters. The van der Waals surface area contributed by atoms with Crippen LogP contribution in [0.15, 0.2) is 24.3 Å². The maximum Gasteiger partial charge on any atom is 0.373 e. The number of halogens is 2. The van der Waals surface area contributed by atoms with E-state index in [0.29, 0.717) is 24.5 Å². The van der Waals surface area contributed by atoms with Crippen molar-refractivity contribution in [1.82, 2.24) is 4.90 Å². The van der Waals surface area contributed by atoms with Gasteiger partial charge in [0.2, 0.25) is 0 Å². The summed E-state index contributed by atoms with van der Waals surface area (Å²) in [5.41, 5.74) is 0.308. The molecule has 1 saturated heterocycles. The molecule has 0 aliphatic carbocycles. The molecular formula is C14H17F2NO4. The normalized spacial score (nSPS) is 17.6. The van der Waals surface area contributed by atoms with E-state index in [9.17, 15) is 13.6 Å². The lowest BCUT2D eigenvalue weighted by atomic mass is 10.2. The largest absolute Gasteiger partial charge is 0.491 e. The number of hydrogen-bond acceptors (Lipinski definition) is 4. The van der Waals surface area contributed by atoms with E-state index in [1.807, 2.05) is 0 Å². The molecule has 0 spiro atoms. The first kappa shape index (κ1) is 15.7. The van der Waals surface area contributed by atoms with Crippen LogP contribution in [0, 0.1) is 0 Å². The summed E-state index contributed by atoms with van der Waals surface area (Å²) in [6.07, 6.45) is -3.29. The van der Waals surface area contributed by atoms with Crippen LogP contribution >= 0.6 is 0 Å². The Labute approximate surface area is 121 Å². The monoisotopic (exact) mass is 301 g/mol. The van der Waals surface area contributed by atoms with E-state index in [-0.39, 0.29) is 13.2 Å². The molecular weight excluding hydrogens is 284 g/mol. The number of amides is 1. The second kappa shape index (κ2) is 6.82. The number of carbonyl (C=O) groups is 1. The van der Waals surface area contributed by atoms with Crippen LogP contribution in [0.4, 0.5) is 8.78 Å². The molecule has 1 aliphatic heterocycles. The Balaban J connectivity index is 2.03. The number of morpholine rings is 1. The maximum atomic E-state index is 13.2. The van der Waals surface area contributed by atoms with Gasteiger partial charge in [0.15, 0.2) is 0 Å². The number of ether oxygens (including phenoxy) is 3. The van der Waals surface area contributed by atoms with Gasteiger partial charge >= 0.3 is 6.11 Å². The average Bonchev–Trinajstić information content (AvgIpc) is 2.46. The molecule has 21 heavy (non-hydrogen) atoms. The molecule has 1 heterocycles. The molecule has 0 saturated carbocycles. The number of rotatable bonds is 5. The van der Waals surface area contributed by atoms with Crippen molar-refractivity contribution in [1.29, 1.82) is 0 Å². The zero-order valence-corrected chi connectivity index (χ0v) is 11.7. The maximum absolute atomic E-state index is 13.2. The number of benzene rings is 1. The van der Waals surface area contributed by atoms with Crippen molar-refractivity contribution in [3.63, 3.8) is 0 Å².